The second-order valence-corrected chi connectivity index (χ2v) is 9.17. The lowest BCUT2D eigenvalue weighted by atomic mass is 9.79. The van der Waals surface area contributed by atoms with Crippen LogP contribution in [0, 0.1) is 0 Å². The SMILES string of the molecule is CC(Sc1ccc(Cl)cc1)C(=O)NCC1(N2CCOCC2)CCCCC1. The Morgan fingerprint density at radius 2 is 1.88 bits per heavy atom. The largest absolute Gasteiger partial charge is 0.379 e. The molecule has 1 unspecified atom stereocenters. The molecule has 1 aliphatic carbocycles. The number of halogens is 1. The highest BCUT2D eigenvalue weighted by Crippen LogP contribution is 2.34. The summed E-state index contributed by atoms with van der Waals surface area (Å²) in [7, 11) is 0. The van der Waals surface area contributed by atoms with Gasteiger partial charge in [-0.1, -0.05) is 30.9 Å². The van der Waals surface area contributed by atoms with E-state index in [9.17, 15) is 4.79 Å². The van der Waals surface area contributed by atoms with Crippen molar-refractivity contribution in [2.24, 2.45) is 0 Å². The van der Waals surface area contributed by atoms with Crippen molar-refractivity contribution < 1.29 is 9.53 Å². The van der Waals surface area contributed by atoms with Crippen LogP contribution in [0.2, 0.25) is 5.02 Å². The van der Waals surface area contributed by atoms with Gasteiger partial charge in [-0.2, -0.15) is 0 Å². The van der Waals surface area contributed by atoms with E-state index >= 15 is 0 Å². The number of morpholine rings is 1. The second kappa shape index (κ2) is 9.45. The maximum atomic E-state index is 12.7. The van der Waals surface area contributed by atoms with Gasteiger partial charge in [0.2, 0.25) is 5.91 Å². The molecule has 3 rings (SSSR count). The van der Waals surface area contributed by atoms with E-state index in [-0.39, 0.29) is 16.7 Å². The fourth-order valence-corrected chi connectivity index (χ4v) is 5.04. The summed E-state index contributed by atoms with van der Waals surface area (Å²) in [5.41, 5.74) is 0.113. The molecule has 1 amide bonds. The van der Waals surface area contributed by atoms with Crippen LogP contribution in [0.4, 0.5) is 0 Å². The number of rotatable bonds is 6. The molecule has 26 heavy (non-hydrogen) atoms. The minimum Gasteiger partial charge on any atom is -0.379 e. The maximum Gasteiger partial charge on any atom is 0.233 e. The maximum absolute atomic E-state index is 12.7. The summed E-state index contributed by atoms with van der Waals surface area (Å²) in [6.45, 7) is 6.28. The first kappa shape index (κ1) is 20.0. The number of hydrogen-bond donors (Lipinski definition) is 1. The molecular formula is C20H29ClN2O2S. The van der Waals surface area contributed by atoms with Gasteiger partial charge in [-0.05, 0) is 44.0 Å². The molecule has 144 valence electrons. The first-order valence-corrected chi connectivity index (χ1v) is 10.9. The van der Waals surface area contributed by atoms with Gasteiger partial charge in [-0.25, -0.2) is 0 Å². The van der Waals surface area contributed by atoms with Gasteiger partial charge < -0.3 is 10.1 Å². The fourth-order valence-electron chi connectivity index (χ4n) is 4.02. The number of amides is 1. The summed E-state index contributed by atoms with van der Waals surface area (Å²) < 4.78 is 5.53. The van der Waals surface area contributed by atoms with Crippen LogP contribution in [-0.4, -0.2) is 54.4 Å². The number of carbonyl (C=O) groups is 1. The lowest BCUT2D eigenvalue weighted by molar-refractivity contribution is -0.121. The normalized spacial score (nSPS) is 21.9. The molecule has 0 radical (unpaired) electrons. The number of carbonyl (C=O) groups excluding carboxylic acids is 1. The van der Waals surface area contributed by atoms with Crippen LogP contribution in [-0.2, 0) is 9.53 Å². The molecule has 2 aliphatic rings. The molecule has 1 heterocycles. The standard InChI is InChI=1S/C20H29ClN2O2S/c1-16(26-18-7-5-17(21)6-8-18)19(24)22-15-20(9-3-2-4-10-20)23-11-13-25-14-12-23/h5-8,16H,2-4,9-15H2,1H3,(H,22,24). The molecule has 1 aromatic carbocycles. The summed E-state index contributed by atoms with van der Waals surface area (Å²) >= 11 is 7.51. The highest BCUT2D eigenvalue weighted by atomic mass is 35.5. The van der Waals surface area contributed by atoms with E-state index in [2.05, 4.69) is 10.2 Å². The van der Waals surface area contributed by atoms with E-state index < -0.39 is 0 Å². The third-order valence-corrected chi connectivity index (χ3v) is 6.92. The molecule has 2 fully saturated rings. The molecule has 6 heteroatoms. The van der Waals surface area contributed by atoms with E-state index in [0.29, 0.717) is 0 Å². The van der Waals surface area contributed by atoms with Crippen LogP contribution in [0.15, 0.2) is 29.2 Å². The lowest BCUT2D eigenvalue weighted by Gasteiger charge is -2.48. The Hall–Kier alpha value is -0.750. The molecule has 1 saturated carbocycles. The lowest BCUT2D eigenvalue weighted by Crippen LogP contribution is -2.60. The van der Waals surface area contributed by atoms with Crippen LogP contribution in [0.3, 0.4) is 0 Å². The van der Waals surface area contributed by atoms with E-state index in [1.165, 1.54) is 32.1 Å². The van der Waals surface area contributed by atoms with Crippen molar-refractivity contribution in [1.29, 1.82) is 0 Å². The zero-order valence-corrected chi connectivity index (χ0v) is 17.1. The van der Waals surface area contributed by atoms with Crippen LogP contribution in [0.1, 0.15) is 39.0 Å². The first-order valence-electron chi connectivity index (χ1n) is 9.62. The van der Waals surface area contributed by atoms with Gasteiger partial charge in [-0.15, -0.1) is 11.8 Å². The third-order valence-electron chi connectivity index (χ3n) is 5.55. The van der Waals surface area contributed by atoms with Crippen molar-refractivity contribution in [3.05, 3.63) is 29.3 Å². The average molecular weight is 397 g/mol. The van der Waals surface area contributed by atoms with Crippen LogP contribution in [0.5, 0.6) is 0 Å². The number of hydrogen-bond acceptors (Lipinski definition) is 4. The van der Waals surface area contributed by atoms with Crippen molar-refractivity contribution in [2.45, 2.75) is 54.7 Å². The quantitative estimate of drug-likeness (QED) is 0.738. The molecule has 1 saturated heterocycles. The molecule has 0 spiro atoms. The topological polar surface area (TPSA) is 41.6 Å². The minimum absolute atomic E-state index is 0.113. The van der Waals surface area contributed by atoms with Gasteiger partial charge >= 0.3 is 0 Å². The Morgan fingerprint density at radius 1 is 1.23 bits per heavy atom. The number of ether oxygens (including phenoxy) is 1. The fraction of sp³-hybridized carbons (Fsp3) is 0.650. The van der Waals surface area contributed by atoms with E-state index in [4.69, 9.17) is 16.3 Å². The van der Waals surface area contributed by atoms with Gasteiger partial charge in [0.05, 0.1) is 18.5 Å². The Labute approximate surface area is 166 Å². The number of benzene rings is 1. The molecule has 1 aromatic rings. The van der Waals surface area contributed by atoms with Gasteiger partial charge in [0.15, 0.2) is 0 Å². The molecule has 1 N–H and O–H groups in total. The molecule has 1 aliphatic heterocycles. The van der Waals surface area contributed by atoms with Gasteiger partial charge in [0.25, 0.3) is 0 Å². The highest BCUT2D eigenvalue weighted by Gasteiger charge is 2.39. The smallest absolute Gasteiger partial charge is 0.233 e. The predicted octanol–water partition coefficient (Wildman–Crippen LogP) is 3.97. The van der Waals surface area contributed by atoms with Gasteiger partial charge in [0.1, 0.15) is 0 Å². The van der Waals surface area contributed by atoms with Crippen LogP contribution >= 0.6 is 23.4 Å². The van der Waals surface area contributed by atoms with Gasteiger partial charge in [0, 0.05) is 35.1 Å². The summed E-state index contributed by atoms with van der Waals surface area (Å²) in [6.07, 6.45) is 6.16. The zero-order valence-electron chi connectivity index (χ0n) is 15.5. The third kappa shape index (κ3) is 5.16. The van der Waals surface area contributed by atoms with Crippen LogP contribution in [0.25, 0.3) is 0 Å². The predicted molar refractivity (Wildman–Crippen MR) is 108 cm³/mol. The molecule has 0 bridgehead atoms. The minimum atomic E-state index is -0.124. The molecular weight excluding hydrogens is 368 g/mol. The summed E-state index contributed by atoms with van der Waals surface area (Å²) in [4.78, 5) is 16.3. The monoisotopic (exact) mass is 396 g/mol. The van der Waals surface area contributed by atoms with Crippen LogP contribution < -0.4 is 5.32 Å². The zero-order chi connectivity index (χ0) is 18.4. The number of nitrogens with zero attached hydrogens (tertiary/aromatic N) is 1. The first-order chi connectivity index (χ1) is 12.6. The Kier molecular flexibility index (Phi) is 7.27. The van der Waals surface area contributed by atoms with Crippen molar-refractivity contribution in [2.75, 3.05) is 32.8 Å². The van der Waals surface area contributed by atoms with Crippen molar-refractivity contribution in [1.82, 2.24) is 10.2 Å². The Morgan fingerprint density at radius 3 is 2.54 bits per heavy atom. The summed E-state index contributed by atoms with van der Waals surface area (Å²) in [6, 6.07) is 7.66. The van der Waals surface area contributed by atoms with E-state index in [1.807, 2.05) is 31.2 Å². The Balaban J connectivity index is 1.57. The number of thioether (sulfide) groups is 1. The van der Waals surface area contributed by atoms with Crippen molar-refractivity contribution >= 4 is 29.3 Å². The second-order valence-electron chi connectivity index (χ2n) is 7.32. The van der Waals surface area contributed by atoms with E-state index in [0.717, 1.165) is 42.8 Å². The number of nitrogens with one attached hydrogen (secondary N) is 1. The van der Waals surface area contributed by atoms with Crippen molar-refractivity contribution in [3.63, 3.8) is 0 Å². The Bertz CT molecular complexity index is 584. The highest BCUT2D eigenvalue weighted by molar-refractivity contribution is 8.00. The molecule has 0 aromatic heterocycles. The van der Waals surface area contributed by atoms with Gasteiger partial charge in [-0.3, -0.25) is 9.69 Å². The average Bonchev–Trinajstić information content (AvgIpc) is 2.69. The van der Waals surface area contributed by atoms with E-state index in [1.54, 1.807) is 11.8 Å². The summed E-state index contributed by atoms with van der Waals surface area (Å²) in [5, 5.41) is 3.85. The molecule has 1 atom stereocenters. The van der Waals surface area contributed by atoms with Crippen molar-refractivity contribution in [3.8, 4) is 0 Å². The molecule has 4 nitrogen and oxygen atoms in total. The summed E-state index contributed by atoms with van der Waals surface area (Å²) in [5.74, 6) is 0.114.